The van der Waals surface area contributed by atoms with Gasteiger partial charge in [0.1, 0.15) is 12.4 Å². The summed E-state index contributed by atoms with van der Waals surface area (Å²) >= 11 is 15.6. The van der Waals surface area contributed by atoms with Gasteiger partial charge in [0.05, 0.1) is 10.7 Å². The quantitative estimate of drug-likeness (QED) is 0.283. The molecule has 1 N–H and O–H groups in total. The van der Waals surface area contributed by atoms with E-state index in [1.54, 1.807) is 18.3 Å². The summed E-state index contributed by atoms with van der Waals surface area (Å²) in [5.41, 5.74) is 5.34. The minimum atomic E-state index is -0.131. The van der Waals surface area contributed by atoms with Gasteiger partial charge in [0.2, 0.25) is 5.91 Å². The first-order chi connectivity index (χ1) is 14.5. The number of benzene rings is 3. The maximum absolute atomic E-state index is 11.9. The summed E-state index contributed by atoms with van der Waals surface area (Å²) in [6.07, 6.45) is 2.65. The molecule has 30 heavy (non-hydrogen) atoms. The smallest absolute Gasteiger partial charge is 0.240 e. The minimum absolute atomic E-state index is 0.131. The highest BCUT2D eigenvalue weighted by Crippen LogP contribution is 2.28. The van der Waals surface area contributed by atoms with E-state index in [0.29, 0.717) is 35.2 Å². The van der Waals surface area contributed by atoms with Gasteiger partial charge in [-0.15, -0.1) is 0 Å². The first kappa shape index (κ1) is 22.3. The number of carbonyl (C=O) groups is 1. The van der Waals surface area contributed by atoms with E-state index in [0.717, 1.165) is 21.2 Å². The molecule has 3 rings (SSSR count). The average Bonchev–Trinajstić information content (AvgIpc) is 2.73. The highest BCUT2D eigenvalue weighted by molar-refractivity contribution is 9.10. The normalized spacial score (nSPS) is 10.9. The molecule has 154 valence electrons. The molecule has 0 aliphatic carbocycles. The zero-order valence-corrected chi connectivity index (χ0v) is 19.0. The van der Waals surface area contributed by atoms with E-state index in [-0.39, 0.29) is 5.91 Å². The summed E-state index contributed by atoms with van der Waals surface area (Å²) < 4.78 is 6.60. The summed E-state index contributed by atoms with van der Waals surface area (Å²) in [4.78, 5) is 11.9. The molecule has 0 spiro atoms. The molecule has 0 fully saturated rings. The number of ether oxygens (including phenoxy) is 1. The number of hydrazone groups is 1. The highest BCUT2D eigenvalue weighted by Gasteiger charge is 2.06. The topological polar surface area (TPSA) is 50.7 Å². The SMILES string of the molecule is O=C(CCc1ccccc1)N/N=C\c1ccc(OCc2ccc(Cl)cc2Cl)c(Br)c1. The van der Waals surface area contributed by atoms with Crippen molar-refractivity contribution in [1.29, 1.82) is 0 Å². The molecule has 1 amide bonds. The standard InChI is InChI=1S/C23H19BrCl2N2O2/c24-20-12-17(14-27-28-23(29)11-7-16-4-2-1-3-5-16)6-10-22(20)30-15-18-8-9-19(25)13-21(18)26/h1-6,8-10,12-14H,7,11,15H2,(H,28,29)/b27-14-. The molecule has 0 saturated carbocycles. The van der Waals surface area contributed by atoms with Gasteiger partial charge in [-0.3, -0.25) is 4.79 Å². The van der Waals surface area contributed by atoms with Crippen LogP contribution in [-0.4, -0.2) is 12.1 Å². The lowest BCUT2D eigenvalue weighted by atomic mass is 10.1. The van der Waals surface area contributed by atoms with Crippen LogP contribution in [0, 0.1) is 0 Å². The van der Waals surface area contributed by atoms with Crippen LogP contribution in [0.3, 0.4) is 0 Å². The molecule has 3 aromatic rings. The number of aryl methyl sites for hydroxylation is 1. The van der Waals surface area contributed by atoms with Crippen LogP contribution < -0.4 is 10.2 Å². The first-order valence-electron chi connectivity index (χ1n) is 9.23. The van der Waals surface area contributed by atoms with Crippen LogP contribution in [0.5, 0.6) is 5.75 Å². The van der Waals surface area contributed by atoms with Crippen molar-refractivity contribution >= 4 is 51.3 Å². The fraction of sp³-hybridized carbons (Fsp3) is 0.130. The van der Waals surface area contributed by atoms with Crippen molar-refractivity contribution in [3.8, 4) is 5.75 Å². The zero-order valence-electron chi connectivity index (χ0n) is 15.9. The van der Waals surface area contributed by atoms with Crippen LogP contribution in [0.4, 0.5) is 0 Å². The molecule has 0 radical (unpaired) electrons. The van der Waals surface area contributed by atoms with Crippen LogP contribution >= 0.6 is 39.1 Å². The fourth-order valence-corrected chi connectivity index (χ4v) is 3.62. The molecule has 0 heterocycles. The van der Waals surface area contributed by atoms with Crippen molar-refractivity contribution in [2.45, 2.75) is 19.4 Å². The third kappa shape index (κ3) is 6.87. The molecule has 4 nitrogen and oxygen atoms in total. The Bertz CT molecular complexity index is 1040. The lowest BCUT2D eigenvalue weighted by Crippen LogP contribution is -2.17. The second-order valence-electron chi connectivity index (χ2n) is 6.49. The van der Waals surface area contributed by atoms with E-state index in [1.165, 1.54) is 0 Å². The minimum Gasteiger partial charge on any atom is -0.488 e. The predicted octanol–water partition coefficient (Wildman–Crippen LogP) is 6.42. The van der Waals surface area contributed by atoms with E-state index < -0.39 is 0 Å². The number of rotatable bonds is 8. The Morgan fingerprint density at radius 3 is 2.60 bits per heavy atom. The number of carbonyl (C=O) groups excluding carboxylic acids is 1. The summed E-state index contributed by atoms with van der Waals surface area (Å²) in [5.74, 6) is 0.541. The number of halogens is 3. The van der Waals surface area contributed by atoms with Gasteiger partial charge in [-0.2, -0.15) is 5.10 Å². The van der Waals surface area contributed by atoms with Crippen LogP contribution in [0.25, 0.3) is 0 Å². The number of hydrogen-bond acceptors (Lipinski definition) is 3. The molecule has 0 unspecified atom stereocenters. The fourth-order valence-electron chi connectivity index (χ4n) is 2.65. The van der Waals surface area contributed by atoms with Crippen LogP contribution in [0.2, 0.25) is 10.0 Å². The molecule has 0 aromatic heterocycles. The van der Waals surface area contributed by atoms with Crippen molar-refractivity contribution in [3.05, 3.63) is 97.9 Å². The van der Waals surface area contributed by atoms with E-state index >= 15 is 0 Å². The Morgan fingerprint density at radius 2 is 1.87 bits per heavy atom. The molecule has 0 bridgehead atoms. The molecular formula is C23H19BrCl2N2O2. The van der Waals surface area contributed by atoms with Crippen molar-refractivity contribution in [2.24, 2.45) is 5.10 Å². The summed E-state index contributed by atoms with van der Waals surface area (Å²) in [6.45, 7) is 0.319. The average molecular weight is 506 g/mol. The Labute approximate surface area is 194 Å². The van der Waals surface area contributed by atoms with Crippen molar-refractivity contribution in [1.82, 2.24) is 5.43 Å². The Hall–Kier alpha value is -2.34. The van der Waals surface area contributed by atoms with E-state index in [1.807, 2.05) is 54.6 Å². The third-order valence-electron chi connectivity index (χ3n) is 4.24. The molecule has 3 aromatic carbocycles. The van der Waals surface area contributed by atoms with Gasteiger partial charge in [-0.1, -0.05) is 59.6 Å². The van der Waals surface area contributed by atoms with E-state index in [2.05, 4.69) is 26.5 Å². The monoisotopic (exact) mass is 504 g/mol. The summed E-state index contributed by atoms with van der Waals surface area (Å²) in [7, 11) is 0. The van der Waals surface area contributed by atoms with Crippen molar-refractivity contribution in [2.75, 3.05) is 0 Å². The Balaban J connectivity index is 1.50. The summed E-state index contributed by atoms with van der Waals surface area (Å²) in [6, 6.07) is 20.7. The largest absolute Gasteiger partial charge is 0.488 e. The molecule has 0 aliphatic heterocycles. The van der Waals surface area contributed by atoms with Gasteiger partial charge in [0.25, 0.3) is 0 Å². The van der Waals surface area contributed by atoms with E-state index in [4.69, 9.17) is 27.9 Å². The van der Waals surface area contributed by atoms with Crippen molar-refractivity contribution in [3.63, 3.8) is 0 Å². The Kier molecular flexibility index (Phi) is 8.31. The van der Waals surface area contributed by atoms with Gasteiger partial charge in [-0.05, 0) is 63.8 Å². The number of hydrogen-bond donors (Lipinski definition) is 1. The van der Waals surface area contributed by atoms with Gasteiger partial charge < -0.3 is 4.74 Å². The lowest BCUT2D eigenvalue weighted by molar-refractivity contribution is -0.121. The summed E-state index contributed by atoms with van der Waals surface area (Å²) in [5, 5.41) is 5.17. The van der Waals surface area contributed by atoms with Crippen LogP contribution in [0.1, 0.15) is 23.1 Å². The first-order valence-corrected chi connectivity index (χ1v) is 10.8. The maximum atomic E-state index is 11.9. The third-order valence-corrected chi connectivity index (χ3v) is 5.45. The highest BCUT2D eigenvalue weighted by atomic mass is 79.9. The molecule has 0 atom stereocenters. The van der Waals surface area contributed by atoms with Crippen molar-refractivity contribution < 1.29 is 9.53 Å². The van der Waals surface area contributed by atoms with Crippen LogP contribution in [-0.2, 0) is 17.8 Å². The second kappa shape index (κ2) is 11.2. The van der Waals surface area contributed by atoms with E-state index in [9.17, 15) is 4.79 Å². The zero-order chi connectivity index (χ0) is 21.3. The predicted molar refractivity (Wildman–Crippen MR) is 125 cm³/mol. The van der Waals surface area contributed by atoms with Gasteiger partial charge in [0.15, 0.2) is 0 Å². The van der Waals surface area contributed by atoms with Gasteiger partial charge in [-0.25, -0.2) is 5.43 Å². The second-order valence-corrected chi connectivity index (χ2v) is 8.19. The molecular weight excluding hydrogens is 487 g/mol. The maximum Gasteiger partial charge on any atom is 0.240 e. The molecule has 7 heteroatoms. The Morgan fingerprint density at radius 1 is 1.07 bits per heavy atom. The number of nitrogens with one attached hydrogen (secondary N) is 1. The number of nitrogens with zero attached hydrogens (tertiary/aromatic N) is 1. The lowest BCUT2D eigenvalue weighted by Gasteiger charge is -2.10. The van der Waals surface area contributed by atoms with Gasteiger partial charge >= 0.3 is 0 Å². The molecule has 0 aliphatic rings. The molecule has 0 saturated heterocycles. The number of amides is 1. The van der Waals surface area contributed by atoms with Gasteiger partial charge in [0, 0.05) is 22.0 Å². The van der Waals surface area contributed by atoms with Crippen LogP contribution in [0.15, 0.2) is 76.3 Å².